The Labute approximate surface area is 122 Å². The molecule has 0 bridgehead atoms. The van der Waals surface area contributed by atoms with Crippen molar-refractivity contribution in [2.24, 2.45) is 0 Å². The Balaban J connectivity index is 3.23. The Morgan fingerprint density at radius 3 is 2.45 bits per heavy atom. The molecule has 0 aromatic carbocycles. The van der Waals surface area contributed by atoms with Crippen molar-refractivity contribution in [2.75, 3.05) is 13.7 Å². The van der Waals surface area contributed by atoms with Crippen molar-refractivity contribution in [1.82, 2.24) is 10.2 Å². The van der Waals surface area contributed by atoms with E-state index in [1.807, 2.05) is 0 Å². The lowest BCUT2D eigenvalue weighted by molar-refractivity contribution is -0.296. The number of nitrogens with one attached hydrogen (secondary N) is 1. The van der Waals surface area contributed by atoms with Gasteiger partial charge in [0.05, 0.1) is 6.61 Å². The zero-order valence-corrected chi connectivity index (χ0v) is 11.3. The maximum Gasteiger partial charge on any atom is 0.422 e. The summed E-state index contributed by atoms with van der Waals surface area (Å²) in [6, 6.07) is -0.995. The number of alkyl halides is 3. The smallest absolute Gasteiger partial charge is 0.394 e. The highest BCUT2D eigenvalue weighted by Crippen LogP contribution is 2.44. The molecule has 1 rings (SSSR count). The normalized spacial score (nSPS) is 32.2. The molecule has 0 aromatic rings. The topological polar surface area (TPSA) is 119 Å². The third-order valence-corrected chi connectivity index (χ3v) is 3.18. The number of rotatable bonds is 4. The van der Waals surface area contributed by atoms with Gasteiger partial charge in [-0.2, -0.15) is 13.2 Å². The second-order valence-electron chi connectivity index (χ2n) is 4.41. The number of carbonyl (C=O) groups excluding carboxylic acids is 2. The first kappa shape index (κ1) is 18.4. The van der Waals surface area contributed by atoms with Gasteiger partial charge in [-0.3, -0.25) is 9.69 Å². The summed E-state index contributed by atoms with van der Waals surface area (Å²) in [7, 11) is 1.16. The molecule has 1 aliphatic rings. The summed E-state index contributed by atoms with van der Waals surface area (Å²) in [6.45, 7) is -1.25. The number of halogens is 3. The fourth-order valence-corrected chi connectivity index (χ4v) is 2.03. The van der Waals surface area contributed by atoms with Crippen molar-refractivity contribution in [2.45, 2.75) is 30.2 Å². The maximum absolute atomic E-state index is 13.0. The molecular weight excluding hydrogens is 313 g/mol. The van der Waals surface area contributed by atoms with E-state index in [2.05, 4.69) is 5.32 Å². The van der Waals surface area contributed by atoms with Crippen LogP contribution in [0, 0.1) is 0 Å². The zero-order chi connectivity index (χ0) is 17.1. The molecule has 11 heteroatoms. The van der Waals surface area contributed by atoms with E-state index in [0.717, 1.165) is 19.3 Å². The number of aliphatic hydroxyl groups excluding tert-OH is 2. The first-order valence-electron chi connectivity index (χ1n) is 6.00. The van der Waals surface area contributed by atoms with Crippen molar-refractivity contribution in [1.29, 1.82) is 0 Å². The second kappa shape index (κ2) is 6.60. The highest BCUT2D eigenvalue weighted by molar-refractivity contribution is 5.76. The van der Waals surface area contributed by atoms with Gasteiger partial charge in [0, 0.05) is 13.2 Å². The molecule has 0 radical (unpaired) electrons. The van der Waals surface area contributed by atoms with Crippen LogP contribution in [0.3, 0.4) is 0 Å². The van der Waals surface area contributed by atoms with Gasteiger partial charge in [0.1, 0.15) is 18.5 Å². The fraction of sp³-hybridized carbons (Fsp3) is 0.636. The Morgan fingerprint density at radius 2 is 2.09 bits per heavy atom. The molecule has 126 valence electrons. The largest absolute Gasteiger partial charge is 0.422 e. The summed E-state index contributed by atoms with van der Waals surface area (Å²) in [6.07, 6.45) is -10.3. The Hall–Kier alpha value is -1.69. The molecule has 1 heterocycles. The van der Waals surface area contributed by atoms with E-state index in [1.165, 1.54) is 0 Å². The number of hydrogen-bond acceptors (Lipinski definition) is 6. The number of aldehydes is 1. The van der Waals surface area contributed by atoms with Crippen molar-refractivity contribution in [3.05, 3.63) is 12.3 Å². The first-order valence-corrected chi connectivity index (χ1v) is 6.00. The van der Waals surface area contributed by atoms with Crippen molar-refractivity contribution >= 4 is 12.3 Å². The van der Waals surface area contributed by atoms with Crippen LogP contribution < -0.4 is 5.32 Å². The molecule has 4 N–H and O–H groups in total. The quantitative estimate of drug-likeness (QED) is 0.377. The summed E-state index contributed by atoms with van der Waals surface area (Å²) >= 11 is 0. The van der Waals surface area contributed by atoms with Gasteiger partial charge in [-0.15, -0.1) is 0 Å². The molecule has 1 fully saturated rings. The monoisotopic (exact) mass is 328 g/mol. The van der Waals surface area contributed by atoms with Gasteiger partial charge in [0.25, 0.3) is 0 Å². The molecule has 1 aliphatic heterocycles. The number of amides is 2. The molecule has 0 saturated carbocycles. The van der Waals surface area contributed by atoms with Crippen LogP contribution in [0.1, 0.15) is 0 Å². The summed E-state index contributed by atoms with van der Waals surface area (Å²) in [5, 5.41) is 30.6. The van der Waals surface area contributed by atoms with E-state index in [0.29, 0.717) is 4.90 Å². The lowest BCUT2D eigenvalue weighted by atomic mass is 9.91. The number of ether oxygens (including phenoxy) is 1. The molecule has 22 heavy (non-hydrogen) atoms. The molecule has 0 aliphatic carbocycles. The van der Waals surface area contributed by atoms with E-state index in [4.69, 9.17) is 9.84 Å². The number of urea groups is 1. The van der Waals surface area contributed by atoms with Gasteiger partial charge in [-0.25, -0.2) is 4.79 Å². The van der Waals surface area contributed by atoms with Crippen LogP contribution in [0.15, 0.2) is 12.3 Å². The van der Waals surface area contributed by atoms with E-state index in [9.17, 15) is 33.0 Å². The average Bonchev–Trinajstić information content (AvgIpc) is 2.72. The lowest BCUT2D eigenvalue weighted by Gasteiger charge is -2.33. The molecule has 8 nitrogen and oxygen atoms in total. The van der Waals surface area contributed by atoms with Crippen LogP contribution in [0.5, 0.6) is 0 Å². The van der Waals surface area contributed by atoms with Gasteiger partial charge < -0.3 is 25.4 Å². The second-order valence-corrected chi connectivity index (χ2v) is 4.41. The van der Waals surface area contributed by atoms with Gasteiger partial charge in [-0.05, 0) is 6.08 Å². The van der Waals surface area contributed by atoms with Gasteiger partial charge in [0.15, 0.2) is 6.23 Å². The highest BCUT2D eigenvalue weighted by Gasteiger charge is 2.70. The molecule has 0 aromatic heterocycles. The molecule has 1 saturated heterocycles. The molecule has 0 unspecified atom stereocenters. The predicted molar refractivity (Wildman–Crippen MR) is 64.3 cm³/mol. The average molecular weight is 328 g/mol. The van der Waals surface area contributed by atoms with Crippen molar-refractivity contribution in [3.8, 4) is 0 Å². The van der Waals surface area contributed by atoms with Crippen LogP contribution in [0.25, 0.3) is 0 Å². The minimum Gasteiger partial charge on any atom is -0.394 e. The van der Waals surface area contributed by atoms with E-state index in [-0.39, 0.29) is 6.29 Å². The number of aliphatic hydroxyl groups is 3. The number of allylic oxidation sites excluding steroid dienone is 1. The minimum atomic E-state index is -5.32. The van der Waals surface area contributed by atoms with Crippen LogP contribution >= 0.6 is 0 Å². The highest BCUT2D eigenvalue weighted by atomic mass is 19.4. The lowest BCUT2D eigenvalue weighted by Crippen LogP contribution is -2.61. The van der Waals surface area contributed by atoms with Crippen molar-refractivity contribution < 1.29 is 42.8 Å². The number of carbonyl (C=O) groups is 2. The third-order valence-electron chi connectivity index (χ3n) is 3.18. The van der Waals surface area contributed by atoms with E-state index in [1.54, 1.807) is 0 Å². The third kappa shape index (κ3) is 2.92. The van der Waals surface area contributed by atoms with E-state index >= 15 is 0 Å². The van der Waals surface area contributed by atoms with Gasteiger partial charge >= 0.3 is 12.2 Å². The summed E-state index contributed by atoms with van der Waals surface area (Å²) < 4.78 is 43.8. The molecule has 4 atom stereocenters. The summed E-state index contributed by atoms with van der Waals surface area (Å²) in [5.41, 5.74) is -3.77. The molecular formula is C11H15F3N2O6. The first-order chi connectivity index (χ1) is 10.1. The number of nitrogens with zero attached hydrogens (tertiary/aromatic N) is 1. The van der Waals surface area contributed by atoms with Gasteiger partial charge in [0.2, 0.25) is 5.60 Å². The van der Waals surface area contributed by atoms with Crippen LogP contribution in [-0.4, -0.2) is 76.4 Å². The summed E-state index contributed by atoms with van der Waals surface area (Å²) in [4.78, 5) is 22.4. The zero-order valence-electron chi connectivity index (χ0n) is 11.3. The standard InChI is InChI=1S/C11H15F3N2O6/c1-15-9(20)16(3-2-4-17)8-7(19)10(21,11(12,13)14)6(5-18)22-8/h2-4,6-8,18-19,21H,5H2,1H3,(H,15,20)/b3-2-/t6-,7+,8-,10-/m1/s1. The van der Waals surface area contributed by atoms with Crippen molar-refractivity contribution in [3.63, 3.8) is 0 Å². The van der Waals surface area contributed by atoms with Crippen LogP contribution in [0.2, 0.25) is 0 Å². The minimum absolute atomic E-state index is 0.247. The predicted octanol–water partition coefficient (Wildman–Crippen LogP) is -1.29. The van der Waals surface area contributed by atoms with Gasteiger partial charge in [-0.1, -0.05) is 0 Å². The van der Waals surface area contributed by atoms with Crippen LogP contribution in [0.4, 0.5) is 18.0 Å². The SMILES string of the molecule is CNC(=O)N(/C=C\C=O)[C@@H]1O[C@H](CO)[C@](O)(C(F)(F)F)[C@H]1O. The Bertz CT molecular complexity index is 458. The van der Waals surface area contributed by atoms with Crippen LogP contribution in [-0.2, 0) is 9.53 Å². The maximum atomic E-state index is 13.0. The van der Waals surface area contributed by atoms with E-state index < -0.39 is 42.9 Å². The summed E-state index contributed by atoms with van der Waals surface area (Å²) in [5.74, 6) is 0. The molecule has 2 amide bonds. The fourth-order valence-electron chi connectivity index (χ4n) is 2.03. The molecule has 0 spiro atoms. The Kier molecular flexibility index (Phi) is 5.51. The number of hydrogen-bond donors (Lipinski definition) is 4. The Morgan fingerprint density at radius 1 is 1.50 bits per heavy atom.